The molecule has 0 unspecified atom stereocenters. The SMILES string of the molecule is C#CC#CC#CC#CC#CC#CC(=O)OC[C@H](COP(=O)([O-])[O-])OC(=O)CCCCCCCCCCCC.CC(=O)S.[HH].[HH].[HH].[HH].[HH].[HH].[HH].[HH].[HH].[HH].[HH].[Na+].[Na+]. The maximum absolute atomic E-state index is 12.1. The predicted molar refractivity (Wildman–Crippen MR) is 181 cm³/mol. The fraction of sp³-hybridized carbons (Fsp3) is 0.516. The molecule has 0 aromatic heterocycles. The first-order chi connectivity index (χ1) is 20.0. The first-order valence-corrected chi connectivity index (χ1v) is 15.1. The number of ether oxygens (including phenoxy) is 2. The van der Waals surface area contributed by atoms with E-state index >= 15 is 0 Å². The Labute approximate surface area is 328 Å². The third kappa shape index (κ3) is 44.9. The number of thiol groups is 1. The topological polar surface area (TPSA) is 142 Å². The van der Waals surface area contributed by atoms with Crippen molar-refractivity contribution in [2.24, 2.45) is 0 Å². The summed E-state index contributed by atoms with van der Waals surface area (Å²) in [6.07, 6.45) is 14.7. The predicted octanol–water partition coefficient (Wildman–Crippen LogP) is -0.575. The van der Waals surface area contributed by atoms with Gasteiger partial charge in [-0.05, 0) is 65.6 Å². The zero-order valence-corrected chi connectivity index (χ0v) is 31.7. The summed E-state index contributed by atoms with van der Waals surface area (Å²) in [6, 6.07) is 0. The number of esters is 2. The number of unbranched alkanes of at least 4 members (excludes halogenated alkanes) is 9. The fourth-order valence-corrected chi connectivity index (χ4v) is 3.18. The van der Waals surface area contributed by atoms with Crippen molar-refractivity contribution >= 4 is 37.5 Å². The maximum Gasteiger partial charge on any atom is 1.00 e. The van der Waals surface area contributed by atoms with Crippen molar-refractivity contribution < 1.29 is 118 Å². The molecule has 0 saturated carbocycles. The van der Waals surface area contributed by atoms with Gasteiger partial charge < -0.3 is 28.3 Å². The molecule has 0 rings (SSSR count). The van der Waals surface area contributed by atoms with Crippen molar-refractivity contribution in [3.05, 3.63) is 0 Å². The van der Waals surface area contributed by atoms with E-state index in [1.807, 2.05) is 0 Å². The molecule has 0 saturated heterocycles. The molecule has 9 nitrogen and oxygen atoms in total. The summed E-state index contributed by atoms with van der Waals surface area (Å²) in [6.45, 7) is 2.24. The van der Waals surface area contributed by atoms with Crippen LogP contribution in [0.2, 0.25) is 0 Å². The second-order valence-corrected chi connectivity index (χ2v) is 10.1. The van der Waals surface area contributed by atoms with Gasteiger partial charge in [0, 0.05) is 35.0 Å². The van der Waals surface area contributed by atoms with Crippen LogP contribution in [0.5, 0.6) is 0 Å². The molecule has 0 heterocycles. The molecule has 0 aliphatic carbocycles. The van der Waals surface area contributed by atoms with Gasteiger partial charge in [-0.2, -0.15) is 0 Å². The molecule has 0 N–H and O–H groups in total. The zero-order valence-electron chi connectivity index (χ0n) is 25.9. The van der Waals surface area contributed by atoms with E-state index in [0.29, 0.717) is 6.42 Å². The number of phosphoric ester groups is 1. The van der Waals surface area contributed by atoms with Gasteiger partial charge in [-0.1, -0.05) is 64.7 Å². The Morgan fingerprint density at radius 3 is 1.68 bits per heavy atom. The van der Waals surface area contributed by atoms with E-state index in [-0.39, 0.29) is 86.3 Å². The third-order valence-electron chi connectivity index (χ3n) is 4.59. The van der Waals surface area contributed by atoms with E-state index in [4.69, 9.17) is 15.9 Å². The summed E-state index contributed by atoms with van der Waals surface area (Å²) in [4.78, 5) is 54.7. The van der Waals surface area contributed by atoms with Crippen molar-refractivity contribution in [3.8, 4) is 71.5 Å². The van der Waals surface area contributed by atoms with E-state index in [9.17, 15) is 28.7 Å². The number of carbonyl (C=O) groups is 3. The van der Waals surface area contributed by atoms with Crippen LogP contribution in [-0.2, 0) is 32.9 Å². The maximum atomic E-state index is 12.1. The molecule has 0 aromatic carbocycles. The molecule has 44 heavy (non-hydrogen) atoms. The number of rotatable bonds is 17. The third-order valence-corrected chi connectivity index (χ3v) is 5.05. The van der Waals surface area contributed by atoms with Crippen molar-refractivity contribution in [2.75, 3.05) is 13.2 Å². The quantitative estimate of drug-likeness (QED) is 0.0406. The van der Waals surface area contributed by atoms with Crippen LogP contribution in [0.15, 0.2) is 0 Å². The van der Waals surface area contributed by atoms with Gasteiger partial charge in [0.05, 0.1) is 14.4 Å². The summed E-state index contributed by atoms with van der Waals surface area (Å²) in [5, 5.41) is -0.139. The van der Waals surface area contributed by atoms with Gasteiger partial charge in [-0.25, -0.2) is 4.79 Å². The van der Waals surface area contributed by atoms with Crippen LogP contribution in [0, 0.1) is 71.5 Å². The number of terminal acetylenes is 1. The van der Waals surface area contributed by atoms with E-state index in [0.717, 1.165) is 19.3 Å². The van der Waals surface area contributed by atoms with Crippen LogP contribution < -0.4 is 68.9 Å². The second kappa shape index (κ2) is 35.9. The van der Waals surface area contributed by atoms with Crippen LogP contribution >= 0.6 is 20.5 Å². The van der Waals surface area contributed by atoms with E-state index in [1.54, 1.807) is 0 Å². The Hall–Kier alpha value is -1.57. The van der Waals surface area contributed by atoms with Gasteiger partial charge in [0.15, 0.2) is 11.2 Å². The molecule has 0 bridgehead atoms. The Balaban J connectivity index is -0.0000000688. The molecular weight excluding hydrogens is 625 g/mol. The number of carbonyl (C=O) groups excluding carboxylic acids is 3. The molecule has 0 radical (unpaired) electrons. The molecule has 0 aromatic rings. The molecular formula is C31H57Na2O9PS. The van der Waals surface area contributed by atoms with Crippen LogP contribution in [0.3, 0.4) is 0 Å². The summed E-state index contributed by atoms with van der Waals surface area (Å²) >= 11 is 3.33. The first-order valence-electron chi connectivity index (χ1n) is 13.2. The van der Waals surface area contributed by atoms with Crippen molar-refractivity contribution in [1.29, 1.82) is 0 Å². The van der Waals surface area contributed by atoms with Gasteiger partial charge >= 0.3 is 71.1 Å². The van der Waals surface area contributed by atoms with Crippen LogP contribution in [-0.4, -0.2) is 36.4 Å². The largest absolute Gasteiger partial charge is 1.00 e. The second-order valence-electron chi connectivity index (χ2n) is 8.30. The van der Waals surface area contributed by atoms with E-state index in [1.165, 1.54) is 45.4 Å². The van der Waals surface area contributed by atoms with E-state index in [2.05, 4.69) is 89.2 Å². The van der Waals surface area contributed by atoms with Crippen molar-refractivity contribution in [1.82, 2.24) is 0 Å². The molecule has 0 aliphatic heterocycles. The molecule has 248 valence electrons. The van der Waals surface area contributed by atoms with E-state index < -0.39 is 39.1 Å². The minimum atomic E-state index is -5.31. The van der Waals surface area contributed by atoms with Crippen molar-refractivity contribution in [2.45, 2.75) is 90.6 Å². The van der Waals surface area contributed by atoms with Crippen LogP contribution in [0.25, 0.3) is 0 Å². The van der Waals surface area contributed by atoms with Gasteiger partial charge in [0.25, 0.3) is 0 Å². The Bertz CT molecular complexity index is 1280. The zero-order chi connectivity index (χ0) is 31.9. The summed E-state index contributed by atoms with van der Waals surface area (Å²) < 4.78 is 24.9. The summed E-state index contributed by atoms with van der Waals surface area (Å²) in [5.74, 6) is 23.5. The Kier molecular flexibility index (Phi) is 40.2. The normalized spacial score (nSPS) is 9.27. The Morgan fingerprint density at radius 2 is 1.23 bits per heavy atom. The molecule has 1 atom stereocenters. The standard InChI is InChI=1S/C29H33O8P.C2H4OS.2Na.11H2/c1-3-5-7-9-11-13-15-17-19-21-23-28(30)35-25-27(26-36-38(32,33)34)37-29(31)24-22-20-18-16-14-12-10-8-6-4-2;1-2(3)4;;;;;;;;;;;;;/h1,27H,4,6,8,10,12,14,16,18,20,22,24-26H2,2H3,(H2,32,33,34);1H3,(H,3,4);;;11*1H/q;;2*+1;;;;;;;;;;;/p-2/t27-;;;;;;;;;;;;;;/m1............../s1. The van der Waals surface area contributed by atoms with Crippen molar-refractivity contribution in [3.63, 3.8) is 0 Å². The molecule has 0 spiro atoms. The Morgan fingerprint density at radius 1 is 0.795 bits per heavy atom. The number of hydrogen-bond acceptors (Lipinski definition) is 9. The minimum Gasteiger partial charge on any atom is -0.790 e. The monoisotopic (exact) mass is 682 g/mol. The molecule has 0 aliphatic rings. The van der Waals surface area contributed by atoms with Crippen LogP contribution in [0.4, 0.5) is 0 Å². The van der Waals surface area contributed by atoms with Gasteiger partial charge in [0.2, 0.25) is 0 Å². The number of hydrogen-bond donors (Lipinski definition) is 1. The van der Waals surface area contributed by atoms with Gasteiger partial charge in [0.1, 0.15) is 6.61 Å². The molecule has 0 fully saturated rings. The van der Waals surface area contributed by atoms with Gasteiger partial charge in [-0.3, -0.25) is 9.59 Å². The molecule has 13 heteroatoms. The fourth-order valence-electron chi connectivity index (χ4n) is 2.83. The summed E-state index contributed by atoms with van der Waals surface area (Å²) in [5.41, 5.74) is 0. The van der Waals surface area contributed by atoms with Gasteiger partial charge in [-0.15, -0.1) is 19.1 Å². The smallest absolute Gasteiger partial charge is 0.790 e. The average molecular weight is 683 g/mol. The average Bonchev–Trinajstić information content (AvgIpc) is 2.91. The summed E-state index contributed by atoms with van der Waals surface area (Å²) in [7, 11) is -5.31. The number of phosphoric acid groups is 1. The molecule has 0 amide bonds. The minimum absolute atomic E-state index is 0. The van der Waals surface area contributed by atoms with Crippen LogP contribution in [0.1, 0.15) is 100 Å². The first kappa shape index (κ1) is 49.3.